The summed E-state index contributed by atoms with van der Waals surface area (Å²) in [4.78, 5) is 1.78. The van der Waals surface area contributed by atoms with Gasteiger partial charge in [-0.05, 0) is 37.1 Å². The zero-order valence-corrected chi connectivity index (χ0v) is 11.3. The number of quaternary nitrogens is 1. The third-order valence-electron chi connectivity index (χ3n) is 3.56. The number of hydrogen-bond donors (Lipinski definition) is 1. The first kappa shape index (κ1) is 13.2. The first-order valence-corrected chi connectivity index (χ1v) is 6.99. The van der Waals surface area contributed by atoms with Crippen LogP contribution in [-0.2, 0) is 0 Å². The number of nitrogens with one attached hydrogen (secondary N) is 1. The summed E-state index contributed by atoms with van der Waals surface area (Å²) in [7, 11) is 1.68. The highest BCUT2D eigenvalue weighted by Crippen LogP contribution is 2.17. The summed E-state index contributed by atoms with van der Waals surface area (Å²) in [6.07, 6.45) is 5.25. The molecule has 0 spiro atoms. The molecule has 0 atom stereocenters. The van der Waals surface area contributed by atoms with Crippen LogP contribution in [0.1, 0.15) is 25.7 Å². The average Bonchev–Trinajstić information content (AvgIpc) is 2.92. The SMILES string of the molecule is COc1ccc(OCCCC[NH+]2CCCC2)cc1. The van der Waals surface area contributed by atoms with E-state index in [2.05, 4.69) is 0 Å². The second-order valence-electron chi connectivity index (χ2n) is 4.94. The van der Waals surface area contributed by atoms with Crippen molar-refractivity contribution in [3.05, 3.63) is 24.3 Å². The predicted molar refractivity (Wildman–Crippen MR) is 72.5 cm³/mol. The standard InChI is InChI=1S/C15H23NO2/c1-17-14-6-8-15(9-7-14)18-13-5-4-12-16-10-2-3-11-16/h6-9H,2-5,10-13H2,1H3/p+1. The topological polar surface area (TPSA) is 22.9 Å². The molecule has 1 heterocycles. The molecule has 2 rings (SSSR count). The summed E-state index contributed by atoms with van der Waals surface area (Å²) in [5.74, 6) is 1.81. The maximum Gasteiger partial charge on any atom is 0.119 e. The summed E-state index contributed by atoms with van der Waals surface area (Å²) in [6, 6.07) is 7.79. The lowest BCUT2D eigenvalue weighted by atomic mass is 10.3. The lowest BCUT2D eigenvalue weighted by Crippen LogP contribution is -3.09. The van der Waals surface area contributed by atoms with Crippen molar-refractivity contribution in [2.24, 2.45) is 0 Å². The van der Waals surface area contributed by atoms with E-state index in [9.17, 15) is 0 Å². The predicted octanol–water partition coefficient (Wildman–Crippen LogP) is 1.53. The minimum Gasteiger partial charge on any atom is -0.497 e. The van der Waals surface area contributed by atoms with Crippen molar-refractivity contribution in [2.75, 3.05) is 33.4 Å². The third-order valence-corrected chi connectivity index (χ3v) is 3.56. The highest BCUT2D eigenvalue weighted by Gasteiger charge is 2.13. The summed E-state index contributed by atoms with van der Waals surface area (Å²) in [5, 5.41) is 0. The van der Waals surface area contributed by atoms with E-state index in [1.54, 1.807) is 12.0 Å². The fraction of sp³-hybridized carbons (Fsp3) is 0.600. The van der Waals surface area contributed by atoms with Gasteiger partial charge in [0.05, 0.1) is 33.4 Å². The molecule has 3 heteroatoms. The van der Waals surface area contributed by atoms with E-state index in [1.165, 1.54) is 38.9 Å². The van der Waals surface area contributed by atoms with Crippen LogP contribution in [0, 0.1) is 0 Å². The molecular weight excluding hydrogens is 226 g/mol. The Morgan fingerprint density at radius 3 is 2.33 bits per heavy atom. The van der Waals surface area contributed by atoms with Crippen LogP contribution in [0.4, 0.5) is 0 Å². The van der Waals surface area contributed by atoms with E-state index in [4.69, 9.17) is 9.47 Å². The summed E-state index contributed by atoms with van der Waals surface area (Å²) in [5.41, 5.74) is 0. The molecule has 0 unspecified atom stereocenters. The lowest BCUT2D eigenvalue weighted by molar-refractivity contribution is -0.887. The van der Waals surface area contributed by atoms with Crippen molar-refractivity contribution >= 4 is 0 Å². The Morgan fingerprint density at radius 2 is 1.67 bits per heavy atom. The van der Waals surface area contributed by atoms with Crippen molar-refractivity contribution in [3.63, 3.8) is 0 Å². The molecule has 0 saturated carbocycles. The van der Waals surface area contributed by atoms with Gasteiger partial charge in [-0.25, -0.2) is 0 Å². The van der Waals surface area contributed by atoms with Crippen LogP contribution in [0.15, 0.2) is 24.3 Å². The molecule has 1 fully saturated rings. The Labute approximate surface area is 110 Å². The van der Waals surface area contributed by atoms with Gasteiger partial charge < -0.3 is 14.4 Å². The van der Waals surface area contributed by atoms with E-state index in [-0.39, 0.29) is 0 Å². The number of rotatable bonds is 7. The molecule has 1 aromatic carbocycles. The van der Waals surface area contributed by atoms with Gasteiger partial charge in [0.2, 0.25) is 0 Å². The second kappa shape index (κ2) is 7.27. The van der Waals surface area contributed by atoms with Gasteiger partial charge in [0.1, 0.15) is 11.5 Å². The van der Waals surface area contributed by atoms with Gasteiger partial charge >= 0.3 is 0 Å². The van der Waals surface area contributed by atoms with Gasteiger partial charge in [0.15, 0.2) is 0 Å². The molecule has 0 aromatic heterocycles. The molecular formula is C15H24NO2+. The molecule has 18 heavy (non-hydrogen) atoms. The monoisotopic (exact) mass is 250 g/mol. The molecule has 1 aliphatic rings. The third kappa shape index (κ3) is 4.22. The van der Waals surface area contributed by atoms with Crippen LogP contribution < -0.4 is 14.4 Å². The van der Waals surface area contributed by atoms with Crippen molar-refractivity contribution in [3.8, 4) is 11.5 Å². The van der Waals surface area contributed by atoms with Crippen molar-refractivity contribution < 1.29 is 14.4 Å². The molecule has 0 radical (unpaired) electrons. The molecule has 3 nitrogen and oxygen atoms in total. The Morgan fingerprint density at radius 1 is 1.00 bits per heavy atom. The number of unbranched alkanes of at least 4 members (excludes halogenated alkanes) is 1. The molecule has 1 aliphatic heterocycles. The van der Waals surface area contributed by atoms with Crippen LogP contribution >= 0.6 is 0 Å². The van der Waals surface area contributed by atoms with Gasteiger partial charge in [-0.3, -0.25) is 0 Å². The number of methoxy groups -OCH3 is 1. The minimum absolute atomic E-state index is 0.819. The summed E-state index contributed by atoms with van der Waals surface area (Å²) < 4.78 is 10.8. The highest BCUT2D eigenvalue weighted by atomic mass is 16.5. The molecule has 1 saturated heterocycles. The largest absolute Gasteiger partial charge is 0.497 e. The maximum atomic E-state index is 5.71. The number of likely N-dealkylation sites (tertiary alicyclic amines) is 1. The Kier molecular flexibility index (Phi) is 5.34. The number of benzene rings is 1. The fourth-order valence-electron chi connectivity index (χ4n) is 2.46. The first-order valence-electron chi connectivity index (χ1n) is 6.99. The summed E-state index contributed by atoms with van der Waals surface area (Å²) in [6.45, 7) is 4.88. The highest BCUT2D eigenvalue weighted by molar-refractivity contribution is 5.31. The summed E-state index contributed by atoms with van der Waals surface area (Å²) >= 11 is 0. The average molecular weight is 250 g/mol. The number of hydrogen-bond acceptors (Lipinski definition) is 2. The van der Waals surface area contributed by atoms with Crippen LogP contribution in [0.3, 0.4) is 0 Å². The molecule has 100 valence electrons. The molecule has 0 aliphatic carbocycles. The van der Waals surface area contributed by atoms with E-state index >= 15 is 0 Å². The van der Waals surface area contributed by atoms with Gasteiger partial charge in [-0.1, -0.05) is 0 Å². The zero-order valence-electron chi connectivity index (χ0n) is 11.3. The van der Waals surface area contributed by atoms with Crippen LogP contribution in [0.25, 0.3) is 0 Å². The van der Waals surface area contributed by atoms with Crippen LogP contribution in [-0.4, -0.2) is 33.4 Å². The quantitative estimate of drug-likeness (QED) is 0.742. The Hall–Kier alpha value is -1.22. The molecule has 0 bridgehead atoms. The van der Waals surface area contributed by atoms with E-state index < -0.39 is 0 Å². The van der Waals surface area contributed by atoms with Crippen LogP contribution in [0.2, 0.25) is 0 Å². The number of ether oxygens (including phenoxy) is 2. The van der Waals surface area contributed by atoms with Gasteiger partial charge in [-0.15, -0.1) is 0 Å². The van der Waals surface area contributed by atoms with Crippen LogP contribution in [0.5, 0.6) is 11.5 Å². The van der Waals surface area contributed by atoms with Crippen molar-refractivity contribution in [2.45, 2.75) is 25.7 Å². The maximum absolute atomic E-state index is 5.71. The van der Waals surface area contributed by atoms with Crippen molar-refractivity contribution in [1.29, 1.82) is 0 Å². The van der Waals surface area contributed by atoms with Gasteiger partial charge in [0, 0.05) is 12.8 Å². The van der Waals surface area contributed by atoms with E-state index in [0.717, 1.165) is 24.5 Å². The smallest absolute Gasteiger partial charge is 0.119 e. The van der Waals surface area contributed by atoms with E-state index in [1.807, 2.05) is 24.3 Å². The minimum atomic E-state index is 0.819. The van der Waals surface area contributed by atoms with Gasteiger partial charge in [0.25, 0.3) is 0 Å². The van der Waals surface area contributed by atoms with Crippen molar-refractivity contribution in [1.82, 2.24) is 0 Å². The fourth-order valence-corrected chi connectivity index (χ4v) is 2.46. The molecule has 0 amide bonds. The van der Waals surface area contributed by atoms with E-state index in [0.29, 0.717) is 0 Å². The lowest BCUT2D eigenvalue weighted by Gasteiger charge is -2.12. The first-order chi connectivity index (χ1) is 8.88. The zero-order chi connectivity index (χ0) is 12.6. The van der Waals surface area contributed by atoms with Gasteiger partial charge in [-0.2, -0.15) is 0 Å². The second-order valence-corrected chi connectivity index (χ2v) is 4.94. The Bertz CT molecular complexity index is 331. The molecule has 1 aromatic rings. The molecule has 1 N–H and O–H groups in total. The Balaban J connectivity index is 1.56. The normalized spacial score (nSPS) is 15.8.